The largest absolute Gasteiger partial charge is 0.506 e. The molecule has 1 atom stereocenters. The van der Waals surface area contributed by atoms with Crippen molar-refractivity contribution in [2.24, 2.45) is 0 Å². The van der Waals surface area contributed by atoms with Crippen LogP contribution in [0.1, 0.15) is 23.7 Å². The zero-order chi connectivity index (χ0) is 29.0. The number of likely N-dealkylation sites (N-methyl/N-ethyl adjacent to an activating group) is 1. The number of nitrogens with zero attached hydrogens (tertiary/aromatic N) is 1. The SMILES string of the molecule is CN(CCNCC(O)c1ccc(O)c2[nH]c(=O)sc12)C(=O)CCOCCc1ccccc1.O=C(O)C(F)(F)F. The molecule has 39 heavy (non-hydrogen) atoms. The van der Waals surface area contributed by atoms with Crippen LogP contribution in [-0.4, -0.2) is 83.2 Å². The van der Waals surface area contributed by atoms with Gasteiger partial charge in [-0.3, -0.25) is 9.59 Å². The molecule has 0 aliphatic rings. The molecule has 0 saturated heterocycles. The Morgan fingerprint density at radius 2 is 1.82 bits per heavy atom. The number of benzene rings is 2. The Labute approximate surface area is 225 Å². The van der Waals surface area contributed by atoms with Gasteiger partial charge in [-0.2, -0.15) is 13.2 Å². The van der Waals surface area contributed by atoms with Crippen LogP contribution in [0.2, 0.25) is 0 Å². The number of phenols is 1. The van der Waals surface area contributed by atoms with E-state index in [4.69, 9.17) is 14.6 Å². The number of halogens is 3. The Balaban J connectivity index is 0.000000673. The number of aromatic amines is 1. The second-order valence-corrected chi connectivity index (χ2v) is 9.31. The van der Waals surface area contributed by atoms with E-state index in [1.807, 2.05) is 18.2 Å². The van der Waals surface area contributed by atoms with Crippen LogP contribution in [0.3, 0.4) is 0 Å². The Morgan fingerprint density at radius 3 is 2.46 bits per heavy atom. The van der Waals surface area contributed by atoms with Crippen LogP contribution in [0.4, 0.5) is 13.2 Å². The molecule has 0 bridgehead atoms. The Bertz CT molecular complexity index is 1270. The molecular weight excluding hydrogens is 543 g/mol. The van der Waals surface area contributed by atoms with Crippen LogP contribution in [0.5, 0.6) is 5.75 Å². The summed E-state index contributed by atoms with van der Waals surface area (Å²) in [7, 11) is 1.74. The number of hydrogen-bond acceptors (Lipinski definition) is 8. The third kappa shape index (κ3) is 10.7. The number of carboxylic acid groups (broad SMARTS) is 1. The number of rotatable bonds is 12. The number of carboxylic acids is 1. The lowest BCUT2D eigenvalue weighted by atomic mass is 10.1. The lowest BCUT2D eigenvalue weighted by Crippen LogP contribution is -2.35. The summed E-state index contributed by atoms with van der Waals surface area (Å²) in [5.74, 6) is -2.77. The molecule has 2 aromatic carbocycles. The molecule has 1 aromatic heterocycles. The van der Waals surface area contributed by atoms with Crippen molar-refractivity contribution in [3.8, 4) is 5.75 Å². The van der Waals surface area contributed by atoms with Crippen LogP contribution in [0.25, 0.3) is 10.2 Å². The van der Waals surface area contributed by atoms with Gasteiger partial charge in [0.1, 0.15) is 11.3 Å². The van der Waals surface area contributed by atoms with E-state index in [1.54, 1.807) is 18.0 Å². The van der Waals surface area contributed by atoms with Gasteiger partial charge in [0.05, 0.1) is 30.4 Å². The van der Waals surface area contributed by atoms with E-state index in [1.165, 1.54) is 11.6 Å². The molecule has 214 valence electrons. The zero-order valence-corrected chi connectivity index (χ0v) is 21.8. The minimum Gasteiger partial charge on any atom is -0.506 e. The number of hydrogen-bond donors (Lipinski definition) is 5. The second-order valence-electron chi connectivity index (χ2n) is 8.33. The molecule has 0 radical (unpaired) electrons. The third-order valence-electron chi connectivity index (χ3n) is 5.42. The molecule has 1 unspecified atom stereocenters. The van der Waals surface area contributed by atoms with Gasteiger partial charge in [0.15, 0.2) is 0 Å². The fourth-order valence-electron chi connectivity index (χ4n) is 3.31. The van der Waals surface area contributed by atoms with Gasteiger partial charge in [0, 0.05) is 32.2 Å². The van der Waals surface area contributed by atoms with Crippen molar-refractivity contribution in [1.29, 1.82) is 0 Å². The van der Waals surface area contributed by atoms with Crippen molar-refractivity contribution in [3.63, 3.8) is 0 Å². The Hall–Kier alpha value is -3.46. The number of aliphatic carboxylic acids is 1. The number of phenolic OH excluding ortho intramolecular Hbond substituents is 1. The maximum atomic E-state index is 12.2. The number of thiazole rings is 1. The van der Waals surface area contributed by atoms with E-state index in [-0.39, 0.29) is 23.1 Å². The summed E-state index contributed by atoms with van der Waals surface area (Å²) in [4.78, 5) is 36.6. The molecule has 1 heterocycles. The molecule has 0 saturated carbocycles. The van der Waals surface area contributed by atoms with Crippen molar-refractivity contribution in [1.82, 2.24) is 15.2 Å². The summed E-state index contributed by atoms with van der Waals surface area (Å²) in [6.45, 7) is 2.24. The van der Waals surface area contributed by atoms with E-state index < -0.39 is 18.2 Å². The van der Waals surface area contributed by atoms with E-state index in [9.17, 15) is 33.0 Å². The number of amides is 1. The van der Waals surface area contributed by atoms with Crippen LogP contribution in [0.15, 0.2) is 47.3 Å². The van der Waals surface area contributed by atoms with E-state index in [0.717, 1.165) is 17.8 Å². The highest BCUT2D eigenvalue weighted by Gasteiger charge is 2.38. The number of alkyl halides is 3. The van der Waals surface area contributed by atoms with Crippen molar-refractivity contribution >= 4 is 33.4 Å². The fraction of sp³-hybridized carbons (Fsp3) is 0.400. The van der Waals surface area contributed by atoms with Gasteiger partial charge in [-0.1, -0.05) is 47.7 Å². The highest BCUT2D eigenvalue weighted by Crippen LogP contribution is 2.31. The van der Waals surface area contributed by atoms with Gasteiger partial charge in [0.25, 0.3) is 0 Å². The zero-order valence-electron chi connectivity index (χ0n) is 21.0. The van der Waals surface area contributed by atoms with Crippen molar-refractivity contribution in [2.45, 2.75) is 25.1 Å². The van der Waals surface area contributed by atoms with Crippen LogP contribution >= 0.6 is 11.3 Å². The number of aliphatic hydroxyl groups excluding tert-OH is 1. The molecule has 14 heteroatoms. The van der Waals surface area contributed by atoms with E-state index in [0.29, 0.717) is 48.5 Å². The summed E-state index contributed by atoms with van der Waals surface area (Å²) in [5.41, 5.74) is 2.13. The number of H-pyrrole nitrogens is 1. The fourth-order valence-corrected chi connectivity index (χ4v) is 4.23. The van der Waals surface area contributed by atoms with Gasteiger partial charge in [-0.15, -0.1) is 0 Å². The maximum Gasteiger partial charge on any atom is 0.490 e. The summed E-state index contributed by atoms with van der Waals surface area (Å²) in [6.07, 6.45) is -4.78. The van der Waals surface area contributed by atoms with E-state index >= 15 is 0 Å². The molecule has 1 amide bonds. The first-order valence-electron chi connectivity index (χ1n) is 11.8. The first kappa shape index (κ1) is 31.8. The van der Waals surface area contributed by atoms with Gasteiger partial charge in [-0.25, -0.2) is 4.79 Å². The summed E-state index contributed by atoms with van der Waals surface area (Å²) in [6, 6.07) is 13.1. The number of aromatic hydroxyl groups is 1. The molecule has 0 aliphatic carbocycles. The molecule has 0 fully saturated rings. The van der Waals surface area contributed by atoms with Gasteiger partial charge >= 0.3 is 17.0 Å². The molecule has 10 nitrogen and oxygen atoms in total. The first-order chi connectivity index (χ1) is 18.4. The summed E-state index contributed by atoms with van der Waals surface area (Å²) >= 11 is 0.955. The normalized spacial score (nSPS) is 12.0. The van der Waals surface area contributed by atoms with Gasteiger partial charge < -0.3 is 35.3 Å². The van der Waals surface area contributed by atoms with Crippen LogP contribution < -0.4 is 10.2 Å². The monoisotopic (exact) mass is 573 g/mol. The van der Waals surface area contributed by atoms with Gasteiger partial charge in [0.2, 0.25) is 5.91 Å². The number of nitrogens with one attached hydrogen (secondary N) is 2. The molecule has 5 N–H and O–H groups in total. The number of carbonyl (C=O) groups is 2. The molecule has 3 rings (SSSR count). The second kappa shape index (κ2) is 15.2. The summed E-state index contributed by atoms with van der Waals surface area (Å²) < 4.78 is 37.9. The smallest absolute Gasteiger partial charge is 0.490 e. The number of aromatic nitrogens is 1. The third-order valence-corrected chi connectivity index (χ3v) is 6.35. The lowest BCUT2D eigenvalue weighted by molar-refractivity contribution is -0.192. The lowest BCUT2D eigenvalue weighted by Gasteiger charge is -2.19. The molecule has 3 aromatic rings. The number of fused-ring (bicyclic) bond motifs is 1. The van der Waals surface area contributed by atoms with Crippen LogP contribution in [-0.2, 0) is 20.7 Å². The summed E-state index contributed by atoms with van der Waals surface area (Å²) in [5, 5.41) is 30.6. The van der Waals surface area contributed by atoms with Crippen molar-refractivity contribution in [3.05, 3.63) is 63.3 Å². The number of aliphatic hydroxyl groups is 1. The van der Waals surface area contributed by atoms with E-state index in [2.05, 4.69) is 22.4 Å². The highest BCUT2D eigenvalue weighted by molar-refractivity contribution is 7.16. The Morgan fingerprint density at radius 1 is 1.15 bits per heavy atom. The van der Waals surface area contributed by atoms with Crippen molar-refractivity contribution < 1.29 is 42.8 Å². The first-order valence-corrected chi connectivity index (χ1v) is 12.6. The van der Waals surface area contributed by atoms with Crippen LogP contribution in [0, 0.1) is 0 Å². The standard InChI is InChI=1S/C23H29N3O5S.C2HF3O2/c1-26(20(29)10-14-31-13-9-16-5-3-2-4-6-16)12-11-24-15-19(28)17-7-8-18(27)21-22(17)32-23(30)25-21;3-2(4,5)1(6)7/h2-8,19,24,27-28H,9-15H2,1H3,(H,25,30);(H,6,7). The molecule has 0 aliphatic heterocycles. The minimum absolute atomic E-state index is 0.00407. The molecule has 0 spiro atoms. The topological polar surface area (TPSA) is 152 Å². The number of ether oxygens (including phenoxy) is 1. The number of carbonyl (C=O) groups excluding carboxylic acids is 1. The van der Waals surface area contributed by atoms with Crippen molar-refractivity contribution in [2.75, 3.05) is 39.9 Å². The quantitative estimate of drug-likeness (QED) is 0.208. The Kier molecular flexibility index (Phi) is 12.4. The predicted octanol–water partition coefficient (Wildman–Crippen LogP) is 2.66. The molecular formula is C25H30F3N3O7S. The van der Waals surface area contributed by atoms with Gasteiger partial charge in [-0.05, 0) is 18.1 Å². The average Bonchev–Trinajstić information content (AvgIpc) is 3.29. The average molecular weight is 574 g/mol. The highest BCUT2D eigenvalue weighted by atomic mass is 32.1. The minimum atomic E-state index is -5.08. The maximum absolute atomic E-state index is 12.2. The predicted molar refractivity (Wildman–Crippen MR) is 139 cm³/mol.